The van der Waals surface area contributed by atoms with Gasteiger partial charge in [-0.1, -0.05) is 42.5 Å². The molecule has 0 saturated carbocycles. The van der Waals surface area contributed by atoms with E-state index in [0.29, 0.717) is 29.0 Å². The minimum absolute atomic E-state index is 0.359. The molecule has 5 heteroatoms. The van der Waals surface area contributed by atoms with Crippen LogP contribution in [0.15, 0.2) is 75.9 Å². The van der Waals surface area contributed by atoms with Gasteiger partial charge >= 0.3 is 5.63 Å². The molecule has 3 aromatic carbocycles. The molecule has 0 saturated heterocycles. The van der Waals surface area contributed by atoms with E-state index in [1.165, 1.54) is 0 Å². The van der Waals surface area contributed by atoms with Gasteiger partial charge in [-0.15, -0.1) is 0 Å². The molecule has 2 heterocycles. The smallest absolute Gasteiger partial charge is 0.346 e. The first-order valence-electron chi connectivity index (χ1n) is 9.35. The van der Waals surface area contributed by atoms with Gasteiger partial charge in [-0.3, -0.25) is 0 Å². The fraction of sp³-hybridized carbons (Fsp3) is 0.125. The number of methoxy groups -OCH3 is 2. The first-order chi connectivity index (χ1) is 14.2. The summed E-state index contributed by atoms with van der Waals surface area (Å²) in [4.78, 5) is 13.0. The van der Waals surface area contributed by atoms with Gasteiger partial charge in [0, 0.05) is 23.4 Å². The molecule has 0 unspecified atom stereocenters. The number of hydrogen-bond acceptors (Lipinski definition) is 4. The van der Waals surface area contributed by atoms with E-state index >= 15 is 0 Å². The molecule has 0 atom stereocenters. The monoisotopic (exact) mass is 385 g/mol. The second-order valence-electron chi connectivity index (χ2n) is 6.91. The van der Waals surface area contributed by atoms with Gasteiger partial charge in [0.15, 0.2) is 11.5 Å². The van der Waals surface area contributed by atoms with E-state index in [4.69, 9.17) is 13.9 Å². The summed E-state index contributed by atoms with van der Waals surface area (Å²) in [5.74, 6) is 1.19. The molecule has 5 nitrogen and oxygen atoms in total. The lowest BCUT2D eigenvalue weighted by Gasteiger charge is -2.11. The molecule has 0 radical (unpaired) electrons. The Bertz CT molecular complexity index is 1410. The van der Waals surface area contributed by atoms with Gasteiger partial charge in [-0.05, 0) is 23.8 Å². The lowest BCUT2D eigenvalue weighted by atomic mass is 10.1. The van der Waals surface area contributed by atoms with Gasteiger partial charge in [0.05, 0.1) is 30.6 Å². The third-order valence-corrected chi connectivity index (χ3v) is 5.30. The molecule has 0 fully saturated rings. The van der Waals surface area contributed by atoms with E-state index in [-0.39, 0.29) is 5.63 Å². The first kappa shape index (κ1) is 17.4. The molecule has 0 aliphatic heterocycles. The van der Waals surface area contributed by atoms with E-state index in [1.807, 2.05) is 54.6 Å². The van der Waals surface area contributed by atoms with Crippen LogP contribution in [0.25, 0.3) is 32.8 Å². The van der Waals surface area contributed by atoms with E-state index < -0.39 is 0 Å². The minimum Gasteiger partial charge on any atom is -0.493 e. The van der Waals surface area contributed by atoms with Crippen LogP contribution in [0.5, 0.6) is 11.5 Å². The molecular weight excluding hydrogens is 366 g/mol. The zero-order valence-electron chi connectivity index (χ0n) is 16.1. The second-order valence-corrected chi connectivity index (χ2v) is 6.91. The number of aromatic nitrogens is 1. The summed E-state index contributed by atoms with van der Waals surface area (Å²) in [6, 6.07) is 21.6. The van der Waals surface area contributed by atoms with Crippen molar-refractivity contribution in [3.63, 3.8) is 0 Å². The molecule has 0 spiro atoms. The van der Waals surface area contributed by atoms with Crippen molar-refractivity contribution in [1.82, 2.24) is 4.57 Å². The lowest BCUT2D eigenvalue weighted by Crippen LogP contribution is -2.03. The highest BCUT2D eigenvalue weighted by molar-refractivity contribution is 6.16. The summed E-state index contributed by atoms with van der Waals surface area (Å²) < 4.78 is 18.8. The lowest BCUT2D eigenvalue weighted by molar-refractivity contribution is 0.355. The fourth-order valence-corrected chi connectivity index (χ4v) is 3.99. The van der Waals surface area contributed by atoms with Crippen molar-refractivity contribution in [3.8, 4) is 11.5 Å². The van der Waals surface area contributed by atoms with Crippen LogP contribution in [0, 0.1) is 0 Å². The average Bonchev–Trinajstić information content (AvgIpc) is 3.07. The van der Waals surface area contributed by atoms with Crippen molar-refractivity contribution in [3.05, 3.63) is 82.7 Å². The summed E-state index contributed by atoms with van der Waals surface area (Å²) in [5, 5.41) is 2.23. The Morgan fingerprint density at radius 3 is 2.31 bits per heavy atom. The van der Waals surface area contributed by atoms with Crippen LogP contribution in [0.3, 0.4) is 0 Å². The molecule has 0 amide bonds. The summed E-state index contributed by atoms with van der Waals surface area (Å²) >= 11 is 0. The molecule has 0 bridgehead atoms. The highest BCUT2D eigenvalue weighted by atomic mass is 16.5. The van der Waals surface area contributed by atoms with Crippen molar-refractivity contribution in [2.24, 2.45) is 0 Å². The number of para-hydroxylation sites is 1. The maximum absolute atomic E-state index is 13.0. The summed E-state index contributed by atoms with van der Waals surface area (Å²) in [6.45, 7) is 0.615. The van der Waals surface area contributed by atoms with Crippen LogP contribution in [0.2, 0.25) is 0 Å². The quantitative estimate of drug-likeness (QED) is 0.410. The van der Waals surface area contributed by atoms with Crippen molar-refractivity contribution < 1.29 is 13.9 Å². The SMILES string of the molecule is COc1cc2c3c(=O)oc4ccccc4c3n(Cc3ccccc3)c2cc1OC. The van der Waals surface area contributed by atoms with Crippen LogP contribution in [-0.4, -0.2) is 18.8 Å². The first-order valence-corrected chi connectivity index (χ1v) is 9.35. The maximum Gasteiger partial charge on any atom is 0.346 e. The van der Waals surface area contributed by atoms with E-state index in [9.17, 15) is 4.79 Å². The third-order valence-electron chi connectivity index (χ3n) is 5.30. The minimum atomic E-state index is -0.359. The maximum atomic E-state index is 13.0. The van der Waals surface area contributed by atoms with Gasteiger partial charge in [0.2, 0.25) is 0 Å². The van der Waals surface area contributed by atoms with Crippen LogP contribution >= 0.6 is 0 Å². The fourth-order valence-electron chi connectivity index (χ4n) is 3.99. The molecule has 5 aromatic rings. The van der Waals surface area contributed by atoms with Gasteiger partial charge in [0.25, 0.3) is 0 Å². The van der Waals surface area contributed by atoms with Crippen LogP contribution in [0.4, 0.5) is 0 Å². The third kappa shape index (κ3) is 2.66. The van der Waals surface area contributed by atoms with Gasteiger partial charge < -0.3 is 18.5 Å². The van der Waals surface area contributed by atoms with E-state index in [1.54, 1.807) is 14.2 Å². The Morgan fingerprint density at radius 1 is 0.862 bits per heavy atom. The largest absolute Gasteiger partial charge is 0.493 e. The van der Waals surface area contributed by atoms with Gasteiger partial charge in [-0.25, -0.2) is 4.79 Å². The highest BCUT2D eigenvalue weighted by Crippen LogP contribution is 2.39. The van der Waals surface area contributed by atoms with Crippen molar-refractivity contribution >= 4 is 32.8 Å². The van der Waals surface area contributed by atoms with Crippen LogP contribution in [-0.2, 0) is 6.54 Å². The summed E-state index contributed by atoms with van der Waals surface area (Å²) in [7, 11) is 3.20. The molecule has 2 aromatic heterocycles. The molecule has 0 N–H and O–H groups in total. The van der Waals surface area contributed by atoms with Crippen molar-refractivity contribution in [2.75, 3.05) is 14.2 Å². The Morgan fingerprint density at radius 2 is 1.55 bits per heavy atom. The van der Waals surface area contributed by atoms with E-state index in [2.05, 4.69) is 16.7 Å². The molecular formula is C24H19NO4. The molecule has 144 valence electrons. The Kier molecular flexibility index (Phi) is 4.02. The highest BCUT2D eigenvalue weighted by Gasteiger charge is 2.21. The number of hydrogen-bond donors (Lipinski definition) is 0. The topological polar surface area (TPSA) is 53.6 Å². The standard InChI is InChI=1S/C24H19NO4/c1-27-20-12-17-18(13-21(20)28-2)25(14-15-8-4-3-5-9-15)23-16-10-6-7-11-19(16)29-24(26)22(17)23/h3-13H,14H2,1-2H3. The molecule has 29 heavy (non-hydrogen) atoms. The second kappa shape index (κ2) is 6.71. The molecule has 0 aliphatic rings. The number of benzene rings is 3. The number of rotatable bonds is 4. The Hall–Kier alpha value is -3.73. The van der Waals surface area contributed by atoms with Gasteiger partial charge in [-0.2, -0.15) is 0 Å². The Labute approximate surface area is 166 Å². The summed E-state index contributed by atoms with van der Waals surface area (Å²) in [5.41, 5.74) is 3.10. The van der Waals surface area contributed by atoms with E-state index in [0.717, 1.165) is 27.4 Å². The zero-order valence-corrected chi connectivity index (χ0v) is 16.1. The number of nitrogens with zero attached hydrogens (tertiary/aromatic N) is 1. The predicted molar refractivity (Wildman–Crippen MR) is 114 cm³/mol. The number of fused-ring (bicyclic) bond motifs is 5. The average molecular weight is 385 g/mol. The molecule has 5 rings (SSSR count). The number of ether oxygens (including phenoxy) is 2. The predicted octanol–water partition coefficient (Wildman–Crippen LogP) is 4.97. The summed E-state index contributed by atoms with van der Waals surface area (Å²) in [6.07, 6.45) is 0. The normalized spacial score (nSPS) is 11.4. The molecule has 0 aliphatic carbocycles. The van der Waals surface area contributed by atoms with Crippen molar-refractivity contribution in [1.29, 1.82) is 0 Å². The van der Waals surface area contributed by atoms with Crippen molar-refractivity contribution in [2.45, 2.75) is 6.54 Å². The Balaban J connectivity index is 1.98. The van der Waals surface area contributed by atoms with Gasteiger partial charge in [0.1, 0.15) is 5.58 Å². The van der Waals surface area contributed by atoms with Crippen LogP contribution < -0.4 is 15.1 Å². The zero-order chi connectivity index (χ0) is 20.0. The van der Waals surface area contributed by atoms with Crippen LogP contribution in [0.1, 0.15) is 5.56 Å².